The van der Waals surface area contributed by atoms with E-state index in [1.165, 1.54) is 6.07 Å². The van der Waals surface area contributed by atoms with Crippen molar-refractivity contribution < 1.29 is 13.6 Å². The Hall–Kier alpha value is -3.60. The third kappa shape index (κ3) is 5.39. The Balaban J connectivity index is 1.20. The molecular formula is C29H30ClF2N7O. The van der Waals surface area contributed by atoms with E-state index >= 15 is 0 Å². The smallest absolute Gasteiger partial charge is 0.255 e. The second kappa shape index (κ2) is 11.1. The summed E-state index contributed by atoms with van der Waals surface area (Å²) in [5.74, 6) is -0.633. The summed E-state index contributed by atoms with van der Waals surface area (Å²) >= 11 is 6.58. The van der Waals surface area contributed by atoms with Gasteiger partial charge in [-0.1, -0.05) is 17.7 Å². The number of hydrogen-bond donors (Lipinski definition) is 1. The molecule has 11 heteroatoms. The van der Waals surface area contributed by atoms with E-state index in [1.54, 1.807) is 35.1 Å². The van der Waals surface area contributed by atoms with Gasteiger partial charge in [-0.25, -0.2) is 18.3 Å². The average Bonchev–Trinajstić information content (AvgIpc) is 3.59. The lowest BCUT2D eigenvalue weighted by Gasteiger charge is -2.32. The third-order valence-corrected chi connectivity index (χ3v) is 8.12. The molecule has 40 heavy (non-hydrogen) atoms. The number of nitrogens with one attached hydrogen (secondary N) is 1. The van der Waals surface area contributed by atoms with Crippen LogP contribution in [0.1, 0.15) is 40.4 Å². The van der Waals surface area contributed by atoms with Gasteiger partial charge in [-0.05, 0) is 61.9 Å². The Kier molecular flexibility index (Phi) is 7.39. The van der Waals surface area contributed by atoms with Crippen molar-refractivity contribution in [2.24, 2.45) is 0 Å². The van der Waals surface area contributed by atoms with Crippen LogP contribution >= 0.6 is 11.6 Å². The molecule has 2 aromatic carbocycles. The standard InChI is InChI=1S/C29H30ClF2N7O/c1-36-11-13-37(14-12-36)18-20-5-4-19(15-23(20)30)29(40)34-25-17-33-39-10-8-27(35-28(25)39)38-9-2-3-26(38)22-16-21(31)6-7-24(22)32/h4-8,10,15-17,26H,2-3,9,11-14,18H2,1H3,(H,34,40)/t26-/m1/s1. The highest BCUT2D eigenvalue weighted by atomic mass is 35.5. The Labute approximate surface area is 236 Å². The van der Waals surface area contributed by atoms with Gasteiger partial charge in [-0.3, -0.25) is 9.69 Å². The predicted octanol–water partition coefficient (Wildman–Crippen LogP) is 5.00. The molecule has 2 aliphatic heterocycles. The third-order valence-electron chi connectivity index (χ3n) is 7.77. The van der Waals surface area contributed by atoms with Crippen LogP contribution in [0.25, 0.3) is 5.65 Å². The summed E-state index contributed by atoms with van der Waals surface area (Å²) < 4.78 is 30.1. The molecule has 0 radical (unpaired) electrons. The van der Waals surface area contributed by atoms with Crippen molar-refractivity contribution in [1.82, 2.24) is 24.4 Å². The molecule has 0 unspecified atom stereocenters. The minimum atomic E-state index is -0.472. The average molecular weight is 566 g/mol. The van der Waals surface area contributed by atoms with Crippen molar-refractivity contribution in [3.8, 4) is 0 Å². The molecule has 4 heterocycles. The van der Waals surface area contributed by atoms with Crippen molar-refractivity contribution in [2.75, 3.05) is 50.0 Å². The summed E-state index contributed by atoms with van der Waals surface area (Å²) in [6.07, 6.45) is 4.79. The highest BCUT2D eigenvalue weighted by molar-refractivity contribution is 6.31. The number of nitrogens with zero attached hydrogens (tertiary/aromatic N) is 6. The molecule has 0 spiro atoms. The summed E-state index contributed by atoms with van der Waals surface area (Å²) in [7, 11) is 2.12. The van der Waals surface area contributed by atoms with E-state index < -0.39 is 11.6 Å². The molecule has 208 valence electrons. The van der Waals surface area contributed by atoms with E-state index in [1.807, 2.05) is 11.0 Å². The molecule has 1 atom stereocenters. The zero-order valence-corrected chi connectivity index (χ0v) is 22.9. The van der Waals surface area contributed by atoms with E-state index in [0.29, 0.717) is 46.3 Å². The first-order valence-electron chi connectivity index (χ1n) is 13.4. The fraction of sp³-hybridized carbons (Fsp3) is 0.345. The SMILES string of the molecule is CN1CCN(Cc2ccc(C(=O)Nc3cnn4ccc(N5CCC[C@@H]5c5cc(F)ccc5F)nc34)cc2Cl)CC1. The van der Waals surface area contributed by atoms with Crippen LogP contribution in [-0.2, 0) is 6.54 Å². The summed E-state index contributed by atoms with van der Waals surface area (Å²) in [6, 6.07) is 10.4. The largest absolute Gasteiger partial charge is 0.349 e. The number of fused-ring (bicyclic) bond motifs is 1. The maximum atomic E-state index is 14.6. The molecule has 1 N–H and O–H groups in total. The van der Waals surface area contributed by atoms with E-state index in [4.69, 9.17) is 16.6 Å². The van der Waals surface area contributed by atoms with Crippen molar-refractivity contribution in [3.05, 3.63) is 88.2 Å². The summed E-state index contributed by atoms with van der Waals surface area (Å²) in [6.45, 7) is 5.40. The number of piperazine rings is 1. The van der Waals surface area contributed by atoms with Crippen LogP contribution in [0.15, 0.2) is 54.9 Å². The molecule has 2 aromatic heterocycles. The van der Waals surface area contributed by atoms with Gasteiger partial charge >= 0.3 is 0 Å². The molecule has 0 saturated carbocycles. The first-order valence-corrected chi connectivity index (χ1v) is 13.8. The van der Waals surface area contributed by atoms with E-state index in [9.17, 15) is 13.6 Å². The quantitative estimate of drug-likeness (QED) is 0.355. The number of rotatable bonds is 6. The molecule has 2 aliphatic rings. The van der Waals surface area contributed by atoms with Crippen molar-refractivity contribution in [1.29, 1.82) is 0 Å². The van der Waals surface area contributed by atoms with Crippen molar-refractivity contribution >= 4 is 34.7 Å². The van der Waals surface area contributed by atoms with Gasteiger partial charge in [0.05, 0.1) is 12.2 Å². The molecule has 2 fully saturated rings. The number of hydrogen-bond acceptors (Lipinski definition) is 6. The number of benzene rings is 2. The molecule has 2 saturated heterocycles. The fourth-order valence-electron chi connectivity index (χ4n) is 5.50. The molecule has 0 aliphatic carbocycles. The second-order valence-corrected chi connectivity index (χ2v) is 10.9. The Bertz CT molecular complexity index is 1550. The van der Waals surface area contributed by atoms with Gasteiger partial charge in [0.2, 0.25) is 0 Å². The monoisotopic (exact) mass is 565 g/mol. The maximum Gasteiger partial charge on any atom is 0.255 e. The number of anilines is 2. The van der Waals surface area contributed by atoms with Gasteiger partial charge in [-0.15, -0.1) is 0 Å². The van der Waals surface area contributed by atoms with E-state index in [-0.39, 0.29) is 11.9 Å². The van der Waals surface area contributed by atoms with Crippen LogP contribution in [0, 0.1) is 11.6 Å². The van der Waals surface area contributed by atoms with Gasteiger partial charge in [0.1, 0.15) is 23.1 Å². The van der Waals surface area contributed by atoms with Crippen LogP contribution in [0.3, 0.4) is 0 Å². The second-order valence-electron chi connectivity index (χ2n) is 10.5. The van der Waals surface area contributed by atoms with Gasteiger partial charge in [0.25, 0.3) is 5.91 Å². The van der Waals surface area contributed by atoms with Crippen LogP contribution in [0.4, 0.5) is 20.3 Å². The van der Waals surface area contributed by atoms with Gasteiger partial charge < -0.3 is 15.1 Å². The van der Waals surface area contributed by atoms with Crippen LogP contribution in [0.2, 0.25) is 5.02 Å². The molecule has 4 aromatic rings. The molecule has 1 amide bonds. The highest BCUT2D eigenvalue weighted by Gasteiger charge is 2.30. The van der Waals surface area contributed by atoms with Gasteiger partial charge in [0.15, 0.2) is 5.65 Å². The molecule has 8 nitrogen and oxygen atoms in total. The maximum absolute atomic E-state index is 14.6. The molecule has 6 rings (SSSR count). The first-order chi connectivity index (χ1) is 19.4. The van der Waals surface area contributed by atoms with Crippen molar-refractivity contribution in [2.45, 2.75) is 25.4 Å². The number of halogens is 3. The topological polar surface area (TPSA) is 69.0 Å². The number of likely N-dealkylation sites (N-methyl/N-ethyl adjacent to an activating group) is 1. The lowest BCUT2D eigenvalue weighted by Crippen LogP contribution is -2.43. The van der Waals surface area contributed by atoms with Crippen LogP contribution < -0.4 is 10.2 Å². The Morgan fingerprint density at radius 2 is 1.90 bits per heavy atom. The van der Waals surface area contributed by atoms with Crippen molar-refractivity contribution in [3.63, 3.8) is 0 Å². The number of carbonyl (C=O) groups is 1. The predicted molar refractivity (Wildman–Crippen MR) is 151 cm³/mol. The number of amides is 1. The lowest BCUT2D eigenvalue weighted by molar-refractivity contribution is 0.102. The van der Waals surface area contributed by atoms with Gasteiger partial charge in [0, 0.05) is 61.6 Å². The molecule has 0 bridgehead atoms. The first kappa shape index (κ1) is 26.6. The Morgan fingerprint density at radius 3 is 2.70 bits per heavy atom. The number of aromatic nitrogens is 3. The normalized spacial score (nSPS) is 18.5. The van der Waals surface area contributed by atoms with Crippen LogP contribution in [-0.4, -0.2) is 70.1 Å². The Morgan fingerprint density at radius 1 is 1.07 bits per heavy atom. The zero-order valence-electron chi connectivity index (χ0n) is 22.2. The minimum absolute atomic E-state index is 0.314. The zero-order chi connectivity index (χ0) is 27.8. The van der Waals surface area contributed by atoms with Gasteiger partial charge in [-0.2, -0.15) is 5.10 Å². The minimum Gasteiger partial charge on any atom is -0.349 e. The summed E-state index contributed by atoms with van der Waals surface area (Å²) in [5, 5.41) is 7.77. The molecular weight excluding hydrogens is 536 g/mol. The van der Waals surface area contributed by atoms with E-state index in [0.717, 1.165) is 56.8 Å². The van der Waals surface area contributed by atoms with E-state index in [2.05, 4.69) is 27.3 Å². The fourth-order valence-corrected chi connectivity index (χ4v) is 5.74. The summed E-state index contributed by atoms with van der Waals surface area (Å²) in [4.78, 5) is 24.5. The van der Waals surface area contributed by atoms with Crippen LogP contribution in [0.5, 0.6) is 0 Å². The highest BCUT2D eigenvalue weighted by Crippen LogP contribution is 2.37. The summed E-state index contributed by atoms with van der Waals surface area (Å²) in [5.41, 5.74) is 2.63. The number of carbonyl (C=O) groups excluding carboxylic acids is 1. The lowest BCUT2D eigenvalue weighted by atomic mass is 10.0.